The number of ether oxygens (including phenoxy) is 2. The molecule has 0 heterocycles. The van der Waals surface area contributed by atoms with Crippen molar-refractivity contribution in [2.24, 2.45) is 11.5 Å². The first-order valence-electron chi connectivity index (χ1n) is 12.2. The summed E-state index contributed by atoms with van der Waals surface area (Å²) in [5, 5.41) is 8.92. The maximum absolute atomic E-state index is 13.1. The highest BCUT2D eigenvalue weighted by Crippen LogP contribution is 2.31. The van der Waals surface area contributed by atoms with Crippen molar-refractivity contribution in [2.45, 2.75) is 37.5 Å². The zero-order chi connectivity index (χ0) is 29.9. The Balaban J connectivity index is 0.000000708. The summed E-state index contributed by atoms with van der Waals surface area (Å²) in [6, 6.07) is 19.1. The number of carboxylic acid groups (broad SMARTS) is 1. The van der Waals surface area contributed by atoms with Crippen LogP contribution in [0.25, 0.3) is 10.8 Å². The molecule has 9 nitrogen and oxygen atoms in total. The summed E-state index contributed by atoms with van der Waals surface area (Å²) in [6.07, 6.45) is -3.77. The van der Waals surface area contributed by atoms with Gasteiger partial charge >= 0.3 is 18.1 Å². The lowest BCUT2D eigenvalue weighted by Crippen LogP contribution is -2.51. The summed E-state index contributed by atoms with van der Waals surface area (Å²) in [5.74, 6) is -2.67. The van der Waals surface area contributed by atoms with Crippen LogP contribution in [0.5, 0.6) is 11.5 Å². The van der Waals surface area contributed by atoms with Gasteiger partial charge in [-0.05, 0) is 42.8 Å². The smallest absolute Gasteiger partial charge is 0.490 e. The number of hydrogen-bond acceptors (Lipinski definition) is 7. The van der Waals surface area contributed by atoms with Crippen molar-refractivity contribution in [2.75, 3.05) is 20.7 Å². The average molecular weight is 564 g/mol. The number of rotatable bonds is 10. The molecule has 0 fully saturated rings. The van der Waals surface area contributed by atoms with Gasteiger partial charge in [-0.15, -0.1) is 0 Å². The zero-order valence-electron chi connectivity index (χ0n) is 22.1. The topological polar surface area (TPSA) is 145 Å². The van der Waals surface area contributed by atoms with Gasteiger partial charge in [0.25, 0.3) is 0 Å². The normalized spacial score (nSPS) is 12.5. The molecule has 216 valence electrons. The molecule has 0 unspecified atom stereocenters. The minimum absolute atomic E-state index is 0.325. The number of carboxylic acids is 1. The Kier molecular flexibility index (Phi) is 11.9. The van der Waals surface area contributed by atoms with Crippen LogP contribution in [0.15, 0.2) is 66.7 Å². The van der Waals surface area contributed by atoms with Gasteiger partial charge in [-0.25, -0.2) is 9.59 Å². The standard InChI is InChI=1S/C26H31N3O4.C2HF3O2/c1-29(25(30)22(28)15-18-9-4-3-5-10-18)23(13-8-14-27)26(31)33-20-16-19-11-6-7-12-21(19)24(17-20)32-2;3-2(4,5)1(6)7/h3-7,9-12,16-17,22-23H,8,13-15,27-28H2,1-2H3;(H,6,7)/t22-,23-;/m0./s1. The number of esters is 1. The number of halogens is 3. The molecule has 0 aliphatic carbocycles. The number of alkyl halides is 3. The zero-order valence-corrected chi connectivity index (χ0v) is 22.1. The van der Waals surface area contributed by atoms with E-state index in [1.807, 2.05) is 54.6 Å². The van der Waals surface area contributed by atoms with Crippen LogP contribution in [-0.2, 0) is 20.8 Å². The first-order valence-corrected chi connectivity index (χ1v) is 12.2. The first kappa shape index (κ1) is 32.1. The van der Waals surface area contributed by atoms with E-state index in [9.17, 15) is 22.8 Å². The Morgan fingerprint density at radius 2 is 1.62 bits per heavy atom. The summed E-state index contributed by atoms with van der Waals surface area (Å²) in [4.78, 5) is 36.4. The Bertz CT molecular complexity index is 1290. The largest absolute Gasteiger partial charge is 0.496 e. The molecule has 1 amide bonds. The van der Waals surface area contributed by atoms with Crippen LogP contribution >= 0.6 is 0 Å². The van der Waals surface area contributed by atoms with Crippen LogP contribution < -0.4 is 20.9 Å². The highest BCUT2D eigenvalue weighted by molar-refractivity contribution is 5.92. The summed E-state index contributed by atoms with van der Waals surface area (Å²) in [5.41, 5.74) is 12.8. The van der Waals surface area contributed by atoms with Crippen molar-refractivity contribution >= 4 is 28.6 Å². The number of nitrogens with two attached hydrogens (primary N) is 2. The van der Waals surface area contributed by atoms with Gasteiger partial charge in [0.05, 0.1) is 13.2 Å². The van der Waals surface area contributed by atoms with E-state index in [0.29, 0.717) is 37.3 Å². The Labute approximate surface area is 229 Å². The van der Waals surface area contributed by atoms with Crippen molar-refractivity contribution < 1.29 is 42.1 Å². The molecule has 0 radical (unpaired) electrons. The Morgan fingerprint density at radius 3 is 2.20 bits per heavy atom. The van der Waals surface area contributed by atoms with E-state index in [2.05, 4.69) is 0 Å². The lowest BCUT2D eigenvalue weighted by molar-refractivity contribution is -0.192. The molecule has 0 bridgehead atoms. The molecule has 2 atom stereocenters. The molecular weight excluding hydrogens is 531 g/mol. The molecular formula is C28H32F3N3O6. The number of methoxy groups -OCH3 is 1. The van der Waals surface area contributed by atoms with E-state index in [0.717, 1.165) is 16.3 Å². The quantitative estimate of drug-likeness (QED) is 0.251. The summed E-state index contributed by atoms with van der Waals surface area (Å²) in [6.45, 7) is 0.395. The fraction of sp³-hybridized carbons (Fsp3) is 0.321. The molecule has 40 heavy (non-hydrogen) atoms. The molecule has 12 heteroatoms. The number of likely N-dealkylation sites (N-methyl/N-ethyl adjacent to an activating group) is 1. The maximum atomic E-state index is 13.1. The Morgan fingerprint density at radius 1 is 1.02 bits per heavy atom. The molecule has 3 aromatic carbocycles. The predicted molar refractivity (Wildman–Crippen MR) is 143 cm³/mol. The second kappa shape index (κ2) is 14.8. The van der Waals surface area contributed by atoms with Gasteiger partial charge in [0.1, 0.15) is 17.5 Å². The molecule has 0 spiro atoms. The second-order valence-corrected chi connectivity index (χ2v) is 8.76. The summed E-state index contributed by atoms with van der Waals surface area (Å²) in [7, 11) is 3.15. The third-order valence-electron chi connectivity index (χ3n) is 5.86. The molecule has 0 aliphatic heterocycles. The van der Waals surface area contributed by atoms with Gasteiger partial charge < -0.3 is 30.9 Å². The number of carbonyl (C=O) groups is 3. The van der Waals surface area contributed by atoms with Crippen molar-refractivity contribution in [1.82, 2.24) is 4.90 Å². The molecule has 0 aromatic heterocycles. The van der Waals surface area contributed by atoms with E-state index in [1.54, 1.807) is 26.3 Å². The molecule has 0 aliphatic rings. The van der Waals surface area contributed by atoms with E-state index >= 15 is 0 Å². The van der Waals surface area contributed by atoms with E-state index in [1.165, 1.54) is 4.90 Å². The number of hydrogen-bond donors (Lipinski definition) is 3. The third-order valence-corrected chi connectivity index (χ3v) is 5.86. The number of fused-ring (bicyclic) bond motifs is 1. The lowest BCUT2D eigenvalue weighted by atomic mass is 10.0. The molecule has 0 saturated heterocycles. The van der Waals surface area contributed by atoms with Crippen LogP contribution in [0.4, 0.5) is 13.2 Å². The van der Waals surface area contributed by atoms with Gasteiger partial charge in [0.2, 0.25) is 5.91 Å². The molecule has 0 saturated carbocycles. The van der Waals surface area contributed by atoms with Gasteiger partial charge in [0.15, 0.2) is 0 Å². The number of benzene rings is 3. The van der Waals surface area contributed by atoms with Crippen molar-refractivity contribution in [3.05, 3.63) is 72.3 Å². The van der Waals surface area contributed by atoms with Crippen molar-refractivity contribution in [3.63, 3.8) is 0 Å². The number of amides is 1. The highest BCUT2D eigenvalue weighted by Gasteiger charge is 2.38. The third kappa shape index (κ3) is 9.24. The van der Waals surface area contributed by atoms with Gasteiger partial charge in [0, 0.05) is 18.5 Å². The molecule has 5 N–H and O–H groups in total. The van der Waals surface area contributed by atoms with Gasteiger partial charge in [-0.2, -0.15) is 13.2 Å². The van der Waals surface area contributed by atoms with Crippen LogP contribution in [-0.4, -0.2) is 66.8 Å². The fourth-order valence-corrected chi connectivity index (χ4v) is 3.81. The number of nitrogens with zero attached hydrogens (tertiary/aromatic N) is 1. The van der Waals surface area contributed by atoms with E-state index < -0.39 is 30.2 Å². The predicted octanol–water partition coefficient (Wildman–Crippen LogP) is 3.52. The van der Waals surface area contributed by atoms with Gasteiger partial charge in [-0.1, -0.05) is 54.6 Å². The van der Waals surface area contributed by atoms with Crippen molar-refractivity contribution in [3.8, 4) is 11.5 Å². The monoisotopic (exact) mass is 563 g/mol. The second-order valence-electron chi connectivity index (χ2n) is 8.76. The summed E-state index contributed by atoms with van der Waals surface area (Å²) < 4.78 is 42.9. The average Bonchev–Trinajstić information content (AvgIpc) is 2.92. The van der Waals surface area contributed by atoms with Gasteiger partial charge in [-0.3, -0.25) is 4.79 Å². The van der Waals surface area contributed by atoms with Crippen LogP contribution in [0.2, 0.25) is 0 Å². The van der Waals surface area contributed by atoms with Crippen LogP contribution in [0.3, 0.4) is 0 Å². The number of aliphatic carboxylic acids is 1. The van der Waals surface area contributed by atoms with Crippen LogP contribution in [0.1, 0.15) is 18.4 Å². The Hall–Kier alpha value is -4.16. The van der Waals surface area contributed by atoms with E-state index in [-0.39, 0.29) is 5.91 Å². The summed E-state index contributed by atoms with van der Waals surface area (Å²) >= 11 is 0. The minimum atomic E-state index is -5.08. The maximum Gasteiger partial charge on any atom is 0.490 e. The minimum Gasteiger partial charge on any atom is -0.496 e. The number of carbonyl (C=O) groups excluding carboxylic acids is 2. The van der Waals surface area contributed by atoms with E-state index in [4.69, 9.17) is 30.8 Å². The fourth-order valence-electron chi connectivity index (χ4n) is 3.81. The molecule has 3 aromatic rings. The first-order chi connectivity index (χ1) is 18.9. The SMILES string of the molecule is COc1cc(OC(=O)[C@H](CCCN)N(C)C(=O)[C@@H](N)Cc2ccccc2)cc2ccccc12.O=C(O)C(F)(F)F. The highest BCUT2D eigenvalue weighted by atomic mass is 19.4. The van der Waals surface area contributed by atoms with Crippen molar-refractivity contribution in [1.29, 1.82) is 0 Å². The lowest BCUT2D eigenvalue weighted by Gasteiger charge is -2.29. The van der Waals surface area contributed by atoms with Crippen LogP contribution in [0, 0.1) is 0 Å². The molecule has 3 rings (SSSR count).